The Kier molecular flexibility index (Phi) is 3.57. The molecule has 7 heteroatoms. The Labute approximate surface area is 125 Å². The molecule has 1 fully saturated rings. The first-order chi connectivity index (χ1) is 10.1. The second-order valence-corrected chi connectivity index (χ2v) is 5.28. The van der Waals surface area contributed by atoms with Gasteiger partial charge in [0.25, 0.3) is 5.91 Å². The van der Waals surface area contributed by atoms with Gasteiger partial charge in [-0.1, -0.05) is 17.7 Å². The van der Waals surface area contributed by atoms with Gasteiger partial charge in [0.05, 0.1) is 13.2 Å². The largest absolute Gasteiger partial charge is 0.480 e. The summed E-state index contributed by atoms with van der Waals surface area (Å²) in [4.78, 5) is 28.0. The van der Waals surface area contributed by atoms with Crippen molar-refractivity contribution in [1.29, 1.82) is 0 Å². The number of amides is 1. The Hall–Kier alpha value is -2.05. The van der Waals surface area contributed by atoms with Crippen LogP contribution in [0.2, 0.25) is 5.02 Å². The third kappa shape index (κ3) is 2.59. The van der Waals surface area contributed by atoms with Crippen molar-refractivity contribution in [2.24, 2.45) is 0 Å². The smallest absolute Gasteiger partial charge is 0.328 e. The average molecular weight is 309 g/mol. The van der Waals surface area contributed by atoms with Crippen LogP contribution >= 0.6 is 11.6 Å². The van der Waals surface area contributed by atoms with Crippen LogP contribution in [0.3, 0.4) is 0 Å². The number of rotatable bonds is 2. The standard InChI is InChI=1S/C14H13ClN2O4/c15-9-2-1-8-5-11(16-10(8)6-9)13(18)17-3-4-21-7-12(17)14(19)20/h1-2,5-6,12,16H,3-4,7H2,(H,19,20)/t12-/m1/s1. The molecule has 1 aromatic carbocycles. The minimum Gasteiger partial charge on any atom is -0.480 e. The van der Waals surface area contributed by atoms with Gasteiger partial charge in [-0.25, -0.2) is 4.79 Å². The summed E-state index contributed by atoms with van der Waals surface area (Å²) in [5, 5.41) is 10.6. The lowest BCUT2D eigenvalue weighted by Gasteiger charge is -2.32. The topological polar surface area (TPSA) is 82.6 Å². The number of nitrogens with zero attached hydrogens (tertiary/aromatic N) is 1. The molecule has 2 N–H and O–H groups in total. The number of halogens is 1. The van der Waals surface area contributed by atoms with Crippen molar-refractivity contribution in [1.82, 2.24) is 9.88 Å². The van der Waals surface area contributed by atoms with Crippen LogP contribution in [0.4, 0.5) is 0 Å². The molecule has 0 saturated carbocycles. The molecule has 1 amide bonds. The summed E-state index contributed by atoms with van der Waals surface area (Å²) in [7, 11) is 0. The fourth-order valence-corrected chi connectivity index (χ4v) is 2.59. The number of aromatic nitrogens is 1. The number of H-pyrrole nitrogens is 1. The molecule has 3 rings (SSSR count). The molecule has 1 atom stereocenters. The average Bonchev–Trinajstić information content (AvgIpc) is 2.89. The molecule has 6 nitrogen and oxygen atoms in total. The number of hydrogen-bond acceptors (Lipinski definition) is 3. The molecule has 2 heterocycles. The number of carboxylic acids is 1. The number of ether oxygens (including phenoxy) is 1. The van der Waals surface area contributed by atoms with Gasteiger partial charge in [0.15, 0.2) is 6.04 Å². The summed E-state index contributed by atoms with van der Waals surface area (Å²) in [5.41, 5.74) is 1.09. The number of aromatic amines is 1. The van der Waals surface area contributed by atoms with Crippen LogP contribution in [0.1, 0.15) is 10.5 Å². The van der Waals surface area contributed by atoms with E-state index >= 15 is 0 Å². The van der Waals surface area contributed by atoms with Crippen LogP contribution in [0.25, 0.3) is 10.9 Å². The Morgan fingerprint density at radius 1 is 1.38 bits per heavy atom. The van der Waals surface area contributed by atoms with Crippen LogP contribution < -0.4 is 0 Å². The van der Waals surface area contributed by atoms with Crippen molar-refractivity contribution in [2.75, 3.05) is 19.8 Å². The Morgan fingerprint density at radius 2 is 2.19 bits per heavy atom. The molecule has 21 heavy (non-hydrogen) atoms. The number of carbonyl (C=O) groups is 2. The predicted octanol–water partition coefficient (Wildman–Crippen LogP) is 1.75. The lowest BCUT2D eigenvalue weighted by molar-refractivity contribution is -0.147. The number of nitrogens with one attached hydrogen (secondary N) is 1. The van der Waals surface area contributed by atoms with Gasteiger partial charge >= 0.3 is 5.97 Å². The SMILES string of the molecule is O=C(O)[C@H]1COCCN1C(=O)c1cc2ccc(Cl)cc2[nH]1. The Morgan fingerprint density at radius 3 is 2.95 bits per heavy atom. The molecular formula is C14H13ClN2O4. The summed E-state index contributed by atoms with van der Waals surface area (Å²) in [6.45, 7) is 0.598. The van der Waals surface area contributed by atoms with Crippen LogP contribution in [0.15, 0.2) is 24.3 Å². The number of fused-ring (bicyclic) bond motifs is 1. The highest BCUT2D eigenvalue weighted by Crippen LogP contribution is 2.21. The van der Waals surface area contributed by atoms with E-state index < -0.39 is 12.0 Å². The number of aliphatic carboxylic acids is 1. The first kappa shape index (κ1) is 13.9. The highest BCUT2D eigenvalue weighted by molar-refractivity contribution is 6.31. The van der Waals surface area contributed by atoms with Gasteiger partial charge in [-0.2, -0.15) is 0 Å². The van der Waals surface area contributed by atoms with Crippen molar-refractivity contribution < 1.29 is 19.4 Å². The van der Waals surface area contributed by atoms with Gasteiger partial charge in [0.1, 0.15) is 5.69 Å². The van der Waals surface area contributed by atoms with Gasteiger partial charge in [0.2, 0.25) is 0 Å². The zero-order chi connectivity index (χ0) is 15.0. The van der Waals surface area contributed by atoms with Gasteiger partial charge < -0.3 is 19.7 Å². The van der Waals surface area contributed by atoms with Gasteiger partial charge in [0, 0.05) is 22.5 Å². The van der Waals surface area contributed by atoms with Crippen molar-refractivity contribution in [2.45, 2.75) is 6.04 Å². The minimum atomic E-state index is -1.07. The fraction of sp³-hybridized carbons (Fsp3) is 0.286. The van der Waals surface area contributed by atoms with E-state index in [0.717, 1.165) is 10.9 Å². The molecule has 1 aliphatic rings. The number of carbonyl (C=O) groups excluding carboxylic acids is 1. The van der Waals surface area contributed by atoms with E-state index in [0.29, 0.717) is 17.3 Å². The van der Waals surface area contributed by atoms with Gasteiger partial charge in [-0.15, -0.1) is 0 Å². The normalized spacial score (nSPS) is 18.9. The molecule has 0 unspecified atom stereocenters. The number of morpholine rings is 1. The van der Waals surface area contributed by atoms with Crippen molar-refractivity contribution in [3.8, 4) is 0 Å². The van der Waals surface area contributed by atoms with E-state index in [4.69, 9.17) is 16.3 Å². The summed E-state index contributed by atoms with van der Waals surface area (Å²) >= 11 is 5.91. The Balaban J connectivity index is 1.93. The fourth-order valence-electron chi connectivity index (χ4n) is 2.42. The molecule has 0 bridgehead atoms. The molecular weight excluding hydrogens is 296 g/mol. The number of benzene rings is 1. The number of hydrogen-bond donors (Lipinski definition) is 2. The highest BCUT2D eigenvalue weighted by atomic mass is 35.5. The second-order valence-electron chi connectivity index (χ2n) is 4.84. The highest BCUT2D eigenvalue weighted by Gasteiger charge is 2.33. The van der Waals surface area contributed by atoms with Crippen LogP contribution in [0.5, 0.6) is 0 Å². The zero-order valence-electron chi connectivity index (χ0n) is 11.0. The second kappa shape index (κ2) is 5.38. The first-order valence-corrected chi connectivity index (χ1v) is 6.84. The maximum absolute atomic E-state index is 12.5. The molecule has 0 aliphatic carbocycles. The predicted molar refractivity (Wildman–Crippen MR) is 76.6 cm³/mol. The summed E-state index contributed by atoms with van der Waals surface area (Å²) in [6.07, 6.45) is 0. The number of carboxylic acid groups (broad SMARTS) is 1. The van der Waals surface area contributed by atoms with Crippen LogP contribution in [0, 0.1) is 0 Å². The van der Waals surface area contributed by atoms with E-state index in [1.165, 1.54) is 4.90 Å². The van der Waals surface area contributed by atoms with E-state index in [2.05, 4.69) is 4.98 Å². The molecule has 1 aliphatic heterocycles. The maximum atomic E-state index is 12.5. The Bertz CT molecular complexity index is 712. The third-order valence-electron chi connectivity index (χ3n) is 3.49. The lowest BCUT2D eigenvalue weighted by Crippen LogP contribution is -2.52. The van der Waals surface area contributed by atoms with Crippen LogP contribution in [-0.4, -0.2) is 52.7 Å². The minimum absolute atomic E-state index is 0.00707. The molecule has 110 valence electrons. The maximum Gasteiger partial charge on any atom is 0.328 e. The van der Waals surface area contributed by atoms with Crippen molar-refractivity contribution in [3.05, 3.63) is 35.0 Å². The monoisotopic (exact) mass is 308 g/mol. The van der Waals surface area contributed by atoms with Crippen molar-refractivity contribution >= 4 is 34.4 Å². The van der Waals surface area contributed by atoms with E-state index in [9.17, 15) is 14.7 Å². The first-order valence-electron chi connectivity index (χ1n) is 6.46. The molecule has 0 radical (unpaired) electrons. The summed E-state index contributed by atoms with van der Waals surface area (Å²) in [6, 6.07) is 6.00. The zero-order valence-corrected chi connectivity index (χ0v) is 11.8. The lowest BCUT2D eigenvalue weighted by atomic mass is 10.2. The quantitative estimate of drug-likeness (QED) is 0.885. The summed E-state index contributed by atoms with van der Waals surface area (Å²) in [5.74, 6) is -1.42. The van der Waals surface area contributed by atoms with Gasteiger partial charge in [-0.3, -0.25) is 4.79 Å². The molecule has 1 saturated heterocycles. The van der Waals surface area contributed by atoms with Crippen LogP contribution in [-0.2, 0) is 9.53 Å². The van der Waals surface area contributed by atoms with E-state index in [1.54, 1.807) is 24.3 Å². The molecule has 2 aromatic rings. The third-order valence-corrected chi connectivity index (χ3v) is 3.72. The molecule has 0 spiro atoms. The van der Waals surface area contributed by atoms with E-state index in [1.807, 2.05) is 0 Å². The molecule has 1 aromatic heterocycles. The summed E-state index contributed by atoms with van der Waals surface area (Å²) < 4.78 is 5.13. The van der Waals surface area contributed by atoms with Crippen molar-refractivity contribution in [3.63, 3.8) is 0 Å². The van der Waals surface area contributed by atoms with E-state index in [-0.39, 0.29) is 19.1 Å². The van der Waals surface area contributed by atoms with Gasteiger partial charge in [-0.05, 0) is 18.2 Å².